The number of fused-ring (bicyclic) bond motifs is 2. The largest absolute Gasteiger partial charge is 0.493 e. The number of furan rings is 1. The maximum atomic E-state index is 14.0. The zero-order valence-electron chi connectivity index (χ0n) is 22.9. The molecule has 0 fully saturated rings. The Labute approximate surface area is 262 Å². The third-order valence-corrected chi connectivity index (χ3v) is 7.24. The molecule has 6 rings (SSSR count). The van der Waals surface area contributed by atoms with Crippen LogP contribution < -0.4 is 20.3 Å². The van der Waals surface area contributed by atoms with Crippen LogP contribution in [0.5, 0.6) is 11.5 Å². The molecule has 0 saturated carbocycles. The summed E-state index contributed by atoms with van der Waals surface area (Å²) >= 11 is 9.81. The average molecular weight is 676 g/mol. The molecule has 0 aliphatic heterocycles. The van der Waals surface area contributed by atoms with Crippen LogP contribution in [0.15, 0.2) is 104 Å². The van der Waals surface area contributed by atoms with E-state index in [1.165, 1.54) is 43.7 Å². The zero-order chi connectivity index (χ0) is 30.8. The molecule has 220 valence electrons. The molecule has 12 heteroatoms. The number of para-hydroxylation sites is 2. The van der Waals surface area contributed by atoms with E-state index in [-0.39, 0.29) is 23.0 Å². The lowest BCUT2D eigenvalue weighted by Crippen LogP contribution is -2.21. The monoisotopic (exact) mass is 674 g/mol. The van der Waals surface area contributed by atoms with Gasteiger partial charge in [0.15, 0.2) is 23.9 Å². The van der Waals surface area contributed by atoms with Crippen molar-refractivity contribution in [1.29, 1.82) is 0 Å². The Morgan fingerprint density at radius 1 is 1.11 bits per heavy atom. The molecular weight excluding hydrogens is 655 g/mol. The highest BCUT2D eigenvalue weighted by molar-refractivity contribution is 9.10. The Morgan fingerprint density at radius 2 is 1.91 bits per heavy atom. The molecule has 0 unspecified atom stereocenters. The highest BCUT2D eigenvalue weighted by Crippen LogP contribution is 2.34. The Hall–Kier alpha value is -5.00. The first-order chi connectivity index (χ1) is 21.3. The number of anilines is 1. The summed E-state index contributed by atoms with van der Waals surface area (Å²) in [7, 11) is 1.41. The fourth-order valence-electron chi connectivity index (χ4n) is 4.51. The molecule has 4 aromatic carbocycles. The second kappa shape index (κ2) is 12.3. The first kappa shape index (κ1) is 29.1. The van der Waals surface area contributed by atoms with E-state index < -0.39 is 23.9 Å². The van der Waals surface area contributed by atoms with Gasteiger partial charge < -0.3 is 19.2 Å². The van der Waals surface area contributed by atoms with E-state index >= 15 is 0 Å². The van der Waals surface area contributed by atoms with E-state index in [1.54, 1.807) is 42.5 Å². The molecule has 0 saturated heterocycles. The molecule has 9 nitrogen and oxygen atoms in total. The molecule has 0 bridgehead atoms. The third kappa shape index (κ3) is 5.92. The number of methoxy groups -OCH3 is 1. The molecule has 2 aromatic heterocycles. The number of carbonyl (C=O) groups is 1. The van der Waals surface area contributed by atoms with Gasteiger partial charge in [0.05, 0.1) is 29.9 Å². The SMILES string of the molecule is COc1cc(Cl)cc(C=Nn2c(-c3cc4cc(Br)ccc4o3)nc3ccccc3c2=O)c1OCC(=O)Nc1ccccc1F. The van der Waals surface area contributed by atoms with Gasteiger partial charge in [-0.2, -0.15) is 9.78 Å². The highest BCUT2D eigenvalue weighted by Gasteiger charge is 2.18. The van der Waals surface area contributed by atoms with Crippen molar-refractivity contribution >= 4 is 67.2 Å². The van der Waals surface area contributed by atoms with Crippen molar-refractivity contribution in [3.63, 3.8) is 0 Å². The molecule has 0 aliphatic rings. The Balaban J connectivity index is 1.40. The quantitative estimate of drug-likeness (QED) is 0.170. The van der Waals surface area contributed by atoms with E-state index in [0.717, 1.165) is 14.5 Å². The third-order valence-electron chi connectivity index (χ3n) is 6.53. The van der Waals surface area contributed by atoms with Crippen LogP contribution in [0, 0.1) is 5.82 Å². The van der Waals surface area contributed by atoms with Crippen LogP contribution in [0.3, 0.4) is 0 Å². The van der Waals surface area contributed by atoms with Crippen molar-refractivity contribution in [1.82, 2.24) is 9.66 Å². The van der Waals surface area contributed by atoms with Gasteiger partial charge in [-0.05, 0) is 54.6 Å². The minimum absolute atomic E-state index is 0.0135. The van der Waals surface area contributed by atoms with E-state index in [0.29, 0.717) is 32.8 Å². The molecule has 1 amide bonds. The minimum Gasteiger partial charge on any atom is -0.493 e. The van der Waals surface area contributed by atoms with Crippen LogP contribution in [0.4, 0.5) is 10.1 Å². The van der Waals surface area contributed by atoms with E-state index in [9.17, 15) is 14.0 Å². The molecule has 0 aliphatic carbocycles. The molecule has 0 atom stereocenters. The molecule has 0 spiro atoms. The van der Waals surface area contributed by atoms with Crippen LogP contribution >= 0.6 is 27.5 Å². The number of aromatic nitrogens is 2. The van der Waals surface area contributed by atoms with Gasteiger partial charge in [-0.3, -0.25) is 9.59 Å². The number of hydrogen-bond donors (Lipinski definition) is 1. The van der Waals surface area contributed by atoms with Crippen molar-refractivity contribution < 1.29 is 23.1 Å². The Bertz CT molecular complexity index is 2150. The van der Waals surface area contributed by atoms with E-state index in [4.69, 9.17) is 30.5 Å². The summed E-state index contributed by atoms with van der Waals surface area (Å²) in [5.41, 5.74) is 0.941. The number of rotatable bonds is 8. The average Bonchev–Trinajstić information content (AvgIpc) is 3.44. The zero-order valence-corrected chi connectivity index (χ0v) is 25.2. The fraction of sp³-hybridized carbons (Fsp3) is 0.0625. The van der Waals surface area contributed by atoms with E-state index in [2.05, 4.69) is 26.3 Å². The van der Waals surface area contributed by atoms with Gasteiger partial charge in [0.2, 0.25) is 5.82 Å². The van der Waals surface area contributed by atoms with Gasteiger partial charge >= 0.3 is 0 Å². The van der Waals surface area contributed by atoms with Gasteiger partial charge in [-0.15, -0.1) is 0 Å². The number of ether oxygens (including phenoxy) is 2. The summed E-state index contributed by atoms with van der Waals surface area (Å²) in [6.45, 7) is -0.482. The smallest absolute Gasteiger partial charge is 0.282 e. The number of halogens is 3. The first-order valence-corrected chi connectivity index (χ1v) is 14.3. The predicted octanol–water partition coefficient (Wildman–Crippen LogP) is 7.27. The number of benzene rings is 4. The van der Waals surface area contributed by atoms with Crippen LogP contribution in [0.1, 0.15) is 5.56 Å². The van der Waals surface area contributed by atoms with Crippen molar-refractivity contribution in [2.45, 2.75) is 0 Å². The summed E-state index contributed by atoms with van der Waals surface area (Å²) in [4.78, 5) is 31.0. The second-order valence-corrected chi connectivity index (χ2v) is 10.8. The van der Waals surface area contributed by atoms with Crippen LogP contribution in [0.2, 0.25) is 5.02 Å². The number of hydrogen-bond acceptors (Lipinski definition) is 7. The predicted molar refractivity (Wildman–Crippen MR) is 170 cm³/mol. The molecule has 6 aromatic rings. The normalized spacial score (nSPS) is 11.4. The fourth-order valence-corrected chi connectivity index (χ4v) is 5.11. The topological polar surface area (TPSA) is 108 Å². The van der Waals surface area contributed by atoms with Crippen LogP contribution in [-0.2, 0) is 4.79 Å². The Kier molecular flexibility index (Phi) is 8.14. The van der Waals surface area contributed by atoms with Gasteiger partial charge in [0.25, 0.3) is 11.5 Å². The summed E-state index contributed by atoms with van der Waals surface area (Å²) < 4.78 is 33.3. The second-order valence-electron chi connectivity index (χ2n) is 9.45. The lowest BCUT2D eigenvalue weighted by atomic mass is 10.2. The van der Waals surface area contributed by atoms with Crippen molar-refractivity contribution in [3.8, 4) is 23.1 Å². The van der Waals surface area contributed by atoms with E-state index in [1.807, 2.05) is 12.1 Å². The number of amides is 1. The van der Waals surface area contributed by atoms with Crippen LogP contribution in [0.25, 0.3) is 33.5 Å². The van der Waals surface area contributed by atoms with Gasteiger partial charge in [0.1, 0.15) is 11.4 Å². The summed E-state index contributed by atoms with van der Waals surface area (Å²) in [5, 5.41) is 8.38. The summed E-state index contributed by atoms with van der Waals surface area (Å²) in [6, 6.07) is 23.0. The van der Waals surface area contributed by atoms with Crippen molar-refractivity contribution in [2.24, 2.45) is 5.10 Å². The maximum Gasteiger partial charge on any atom is 0.282 e. The Morgan fingerprint density at radius 3 is 2.73 bits per heavy atom. The molecular formula is C32H21BrClFN4O5. The molecule has 1 N–H and O–H groups in total. The lowest BCUT2D eigenvalue weighted by Gasteiger charge is -2.14. The molecule has 2 heterocycles. The number of carbonyl (C=O) groups excluding carboxylic acids is 1. The number of nitrogens with one attached hydrogen (secondary N) is 1. The number of nitrogens with zero attached hydrogens (tertiary/aromatic N) is 3. The van der Waals surface area contributed by atoms with Gasteiger partial charge in [-0.25, -0.2) is 9.37 Å². The lowest BCUT2D eigenvalue weighted by molar-refractivity contribution is -0.118. The highest BCUT2D eigenvalue weighted by atomic mass is 79.9. The molecule has 44 heavy (non-hydrogen) atoms. The van der Waals surface area contributed by atoms with Gasteiger partial charge in [-0.1, -0.05) is 51.8 Å². The standard InChI is InChI=1S/C32H21BrClFN4O5/c1-42-27-15-21(34)13-19(30(27)43-17-29(40)37-25-9-5-3-7-23(25)35)16-36-39-31(38-24-8-4-2-6-22(24)32(39)41)28-14-18-12-20(33)10-11-26(18)44-28/h2-16H,17H2,1H3,(H,37,40). The van der Waals surface area contributed by atoms with Crippen molar-refractivity contribution in [3.05, 3.63) is 116 Å². The summed E-state index contributed by atoms with van der Waals surface area (Å²) in [5.74, 6) is -0.365. The molecule has 0 radical (unpaired) electrons. The van der Waals surface area contributed by atoms with Crippen LogP contribution in [-0.4, -0.2) is 35.5 Å². The van der Waals surface area contributed by atoms with Gasteiger partial charge in [0, 0.05) is 26.5 Å². The maximum absolute atomic E-state index is 14.0. The minimum atomic E-state index is -0.608. The first-order valence-electron chi connectivity index (χ1n) is 13.1. The van der Waals surface area contributed by atoms with Crippen molar-refractivity contribution in [2.75, 3.05) is 19.0 Å². The summed E-state index contributed by atoms with van der Waals surface area (Å²) in [6.07, 6.45) is 1.35.